The largest absolute Gasteiger partial charge is 0.478 e. The summed E-state index contributed by atoms with van der Waals surface area (Å²) in [4.78, 5) is 21.6. The summed E-state index contributed by atoms with van der Waals surface area (Å²) in [5.41, 5.74) is 0.562. The summed E-state index contributed by atoms with van der Waals surface area (Å²) in [6.45, 7) is 4.06. The molecule has 0 aromatic heterocycles. The molecule has 0 aliphatic rings. The predicted molar refractivity (Wildman–Crippen MR) is 79.0 cm³/mol. The van der Waals surface area contributed by atoms with Crippen molar-refractivity contribution in [2.24, 2.45) is 0 Å². The Morgan fingerprint density at radius 3 is 2.67 bits per heavy atom. The zero-order valence-electron chi connectivity index (χ0n) is 12.4. The molecule has 0 aliphatic carbocycles. The van der Waals surface area contributed by atoms with Crippen molar-refractivity contribution >= 4 is 17.3 Å². The van der Waals surface area contributed by atoms with Crippen LogP contribution in [-0.4, -0.2) is 35.8 Å². The molecule has 0 aliphatic heterocycles. The number of ether oxygens (including phenoxy) is 1. The Morgan fingerprint density at radius 2 is 2.19 bits per heavy atom. The van der Waals surface area contributed by atoms with Crippen LogP contribution in [0.25, 0.3) is 0 Å². The van der Waals surface area contributed by atoms with Gasteiger partial charge in [0, 0.05) is 30.5 Å². The molecule has 7 heteroatoms. The zero-order valence-corrected chi connectivity index (χ0v) is 12.4. The first-order valence-corrected chi connectivity index (χ1v) is 6.68. The summed E-state index contributed by atoms with van der Waals surface area (Å²) in [6.07, 6.45) is 1.74. The number of benzene rings is 1. The van der Waals surface area contributed by atoms with E-state index in [-0.39, 0.29) is 17.3 Å². The fraction of sp³-hybridized carbons (Fsp3) is 0.500. The highest BCUT2D eigenvalue weighted by atomic mass is 16.6. The van der Waals surface area contributed by atoms with Gasteiger partial charge in [0.05, 0.1) is 17.1 Å². The first-order chi connectivity index (χ1) is 9.90. The first-order valence-electron chi connectivity index (χ1n) is 6.68. The molecule has 2 N–H and O–H groups in total. The number of aromatic carboxylic acids is 1. The number of methoxy groups -OCH3 is 1. The Hall–Kier alpha value is -2.15. The second-order valence-corrected chi connectivity index (χ2v) is 4.82. The van der Waals surface area contributed by atoms with Crippen molar-refractivity contribution in [3.05, 3.63) is 33.4 Å². The SMILES string of the molecule is CCCC(COC)Nc1cc(C(=O)O)cc([N+](=O)[O-])c1C. The number of carboxylic acids is 1. The third-order valence-corrected chi connectivity index (χ3v) is 3.19. The number of nitrogens with zero attached hydrogens (tertiary/aromatic N) is 1. The second-order valence-electron chi connectivity index (χ2n) is 4.82. The normalized spacial score (nSPS) is 12.0. The monoisotopic (exact) mass is 296 g/mol. The zero-order chi connectivity index (χ0) is 16.0. The van der Waals surface area contributed by atoms with Gasteiger partial charge < -0.3 is 15.2 Å². The van der Waals surface area contributed by atoms with Crippen LogP contribution in [0.5, 0.6) is 0 Å². The molecule has 0 saturated heterocycles. The summed E-state index contributed by atoms with van der Waals surface area (Å²) in [5.74, 6) is -1.19. The van der Waals surface area contributed by atoms with Crippen LogP contribution in [0.2, 0.25) is 0 Å². The molecule has 0 bridgehead atoms. The maximum absolute atomic E-state index is 11.1. The van der Waals surface area contributed by atoms with E-state index in [1.807, 2.05) is 6.92 Å². The van der Waals surface area contributed by atoms with E-state index in [0.717, 1.165) is 18.9 Å². The van der Waals surface area contributed by atoms with Gasteiger partial charge in [0.25, 0.3) is 5.69 Å². The number of rotatable bonds is 8. The molecule has 0 saturated carbocycles. The quantitative estimate of drug-likeness (QED) is 0.565. The highest BCUT2D eigenvalue weighted by Crippen LogP contribution is 2.28. The molecule has 1 rings (SSSR count). The van der Waals surface area contributed by atoms with Crippen molar-refractivity contribution < 1.29 is 19.6 Å². The molecule has 0 heterocycles. The van der Waals surface area contributed by atoms with E-state index in [1.165, 1.54) is 6.07 Å². The highest BCUT2D eigenvalue weighted by Gasteiger charge is 2.20. The van der Waals surface area contributed by atoms with E-state index in [9.17, 15) is 14.9 Å². The van der Waals surface area contributed by atoms with Crippen LogP contribution in [0.3, 0.4) is 0 Å². The number of nitro benzene ring substituents is 1. The van der Waals surface area contributed by atoms with Crippen LogP contribution in [-0.2, 0) is 4.74 Å². The van der Waals surface area contributed by atoms with E-state index in [0.29, 0.717) is 17.9 Å². The molecular weight excluding hydrogens is 276 g/mol. The first kappa shape index (κ1) is 16.9. The van der Waals surface area contributed by atoms with Crippen molar-refractivity contribution in [3.8, 4) is 0 Å². The van der Waals surface area contributed by atoms with E-state index < -0.39 is 10.9 Å². The van der Waals surface area contributed by atoms with E-state index in [1.54, 1.807) is 14.0 Å². The Morgan fingerprint density at radius 1 is 1.52 bits per heavy atom. The Labute approximate surface area is 123 Å². The second kappa shape index (κ2) is 7.58. The Kier molecular flexibility index (Phi) is 6.10. The van der Waals surface area contributed by atoms with Crippen molar-refractivity contribution in [2.75, 3.05) is 19.0 Å². The van der Waals surface area contributed by atoms with Gasteiger partial charge in [0.15, 0.2) is 0 Å². The van der Waals surface area contributed by atoms with Crippen LogP contribution in [0, 0.1) is 17.0 Å². The molecule has 1 unspecified atom stereocenters. The van der Waals surface area contributed by atoms with Crippen LogP contribution in [0.15, 0.2) is 12.1 Å². The maximum Gasteiger partial charge on any atom is 0.336 e. The molecule has 21 heavy (non-hydrogen) atoms. The standard InChI is InChI=1S/C14H20N2O5/c1-4-5-11(8-21-3)15-12-6-10(14(17)18)7-13(9(12)2)16(19)20/h6-7,11,15H,4-5,8H2,1-3H3,(H,17,18). The molecule has 0 amide bonds. The van der Waals surface area contributed by atoms with E-state index in [2.05, 4.69) is 5.32 Å². The van der Waals surface area contributed by atoms with Crippen molar-refractivity contribution in [3.63, 3.8) is 0 Å². The average molecular weight is 296 g/mol. The lowest BCUT2D eigenvalue weighted by molar-refractivity contribution is -0.385. The van der Waals surface area contributed by atoms with Crippen LogP contribution in [0.4, 0.5) is 11.4 Å². The summed E-state index contributed by atoms with van der Waals surface area (Å²) < 4.78 is 5.11. The molecule has 1 aromatic rings. The molecule has 0 spiro atoms. The number of nitro groups is 1. The van der Waals surface area contributed by atoms with E-state index >= 15 is 0 Å². The topological polar surface area (TPSA) is 102 Å². The average Bonchev–Trinajstić information content (AvgIpc) is 2.40. The molecule has 0 fully saturated rings. The Balaban J connectivity index is 3.20. The Bertz CT molecular complexity index is 524. The lowest BCUT2D eigenvalue weighted by Gasteiger charge is -2.20. The lowest BCUT2D eigenvalue weighted by Crippen LogP contribution is -2.25. The summed E-state index contributed by atoms with van der Waals surface area (Å²) in [7, 11) is 1.58. The minimum atomic E-state index is -1.19. The number of nitrogens with one attached hydrogen (secondary N) is 1. The molecule has 0 radical (unpaired) electrons. The molecule has 1 atom stereocenters. The fourth-order valence-corrected chi connectivity index (χ4v) is 2.13. The predicted octanol–water partition coefficient (Wildman–Crippen LogP) is 2.83. The highest BCUT2D eigenvalue weighted by molar-refractivity contribution is 5.90. The van der Waals surface area contributed by atoms with Gasteiger partial charge in [0.2, 0.25) is 0 Å². The van der Waals surface area contributed by atoms with Gasteiger partial charge >= 0.3 is 5.97 Å². The van der Waals surface area contributed by atoms with Crippen LogP contribution < -0.4 is 5.32 Å². The smallest absolute Gasteiger partial charge is 0.336 e. The van der Waals surface area contributed by atoms with Gasteiger partial charge in [0.1, 0.15) is 0 Å². The van der Waals surface area contributed by atoms with Gasteiger partial charge in [-0.25, -0.2) is 4.79 Å². The summed E-state index contributed by atoms with van der Waals surface area (Å²) in [5, 5.41) is 23.3. The summed E-state index contributed by atoms with van der Waals surface area (Å²) >= 11 is 0. The molecule has 116 valence electrons. The number of anilines is 1. The maximum atomic E-state index is 11.1. The van der Waals surface area contributed by atoms with Crippen molar-refractivity contribution in [1.29, 1.82) is 0 Å². The van der Waals surface area contributed by atoms with Gasteiger partial charge in [-0.1, -0.05) is 13.3 Å². The van der Waals surface area contributed by atoms with Gasteiger partial charge in [-0.15, -0.1) is 0 Å². The fourth-order valence-electron chi connectivity index (χ4n) is 2.13. The molecule has 7 nitrogen and oxygen atoms in total. The van der Waals surface area contributed by atoms with Crippen LogP contribution in [0.1, 0.15) is 35.7 Å². The van der Waals surface area contributed by atoms with Crippen molar-refractivity contribution in [1.82, 2.24) is 0 Å². The number of carboxylic acid groups (broad SMARTS) is 1. The van der Waals surface area contributed by atoms with Crippen molar-refractivity contribution in [2.45, 2.75) is 32.7 Å². The van der Waals surface area contributed by atoms with Gasteiger partial charge in [-0.2, -0.15) is 0 Å². The van der Waals surface area contributed by atoms with E-state index in [4.69, 9.17) is 9.84 Å². The molecule has 1 aromatic carbocycles. The minimum absolute atomic E-state index is 0.0256. The summed E-state index contributed by atoms with van der Waals surface area (Å²) in [6, 6.07) is 2.47. The molecular formula is C14H20N2O5. The third kappa shape index (κ3) is 4.42. The third-order valence-electron chi connectivity index (χ3n) is 3.19. The minimum Gasteiger partial charge on any atom is -0.478 e. The number of hydrogen-bond acceptors (Lipinski definition) is 5. The van der Waals surface area contributed by atoms with Crippen LogP contribution >= 0.6 is 0 Å². The lowest BCUT2D eigenvalue weighted by atomic mass is 10.1. The number of hydrogen-bond donors (Lipinski definition) is 2. The number of carbonyl (C=O) groups is 1. The van der Waals surface area contributed by atoms with Gasteiger partial charge in [-0.05, 0) is 19.4 Å². The van der Waals surface area contributed by atoms with Gasteiger partial charge in [-0.3, -0.25) is 10.1 Å².